The Labute approximate surface area is 128 Å². The first-order valence-electron chi connectivity index (χ1n) is 7.44. The number of amides is 2. The Hall–Kier alpha value is -0.810. The van der Waals surface area contributed by atoms with Crippen LogP contribution in [0.25, 0.3) is 0 Å². The number of unbranched alkanes of at least 4 members (excludes halogenated alkanes) is 1. The fraction of sp³-hybridized carbons (Fsp3) is 0.857. The molecular weight excluding hydrogens is 278 g/mol. The van der Waals surface area contributed by atoms with E-state index in [1.54, 1.807) is 0 Å². The molecule has 1 aliphatic rings. The molecule has 6 heteroatoms. The number of hydrogen-bond donors (Lipinski definition) is 2. The summed E-state index contributed by atoms with van der Waals surface area (Å²) in [5.74, 6) is 0.203. The number of likely N-dealkylation sites (tertiary alicyclic amines) is 1. The van der Waals surface area contributed by atoms with E-state index in [2.05, 4.69) is 12.2 Å². The largest absolute Gasteiger partial charge is 0.356 e. The molecule has 0 aliphatic carbocycles. The van der Waals surface area contributed by atoms with Gasteiger partial charge in [-0.25, -0.2) is 0 Å². The highest BCUT2D eigenvalue weighted by Crippen LogP contribution is 2.17. The quantitative estimate of drug-likeness (QED) is 0.696. The number of nitrogens with zero attached hydrogens (tertiary/aromatic N) is 1. The van der Waals surface area contributed by atoms with Gasteiger partial charge in [-0.2, -0.15) is 0 Å². The summed E-state index contributed by atoms with van der Waals surface area (Å²) in [7, 11) is 0. The fourth-order valence-electron chi connectivity index (χ4n) is 2.36. The topological polar surface area (TPSA) is 75.4 Å². The van der Waals surface area contributed by atoms with Gasteiger partial charge in [0.1, 0.15) is 0 Å². The number of nitrogens with two attached hydrogens (primary N) is 1. The monoisotopic (exact) mass is 305 g/mol. The molecule has 118 valence electrons. The van der Waals surface area contributed by atoms with Crippen molar-refractivity contribution in [2.24, 2.45) is 11.7 Å². The van der Waals surface area contributed by atoms with Crippen LogP contribution in [0, 0.1) is 5.92 Å². The number of halogens is 1. The maximum absolute atomic E-state index is 12.0. The van der Waals surface area contributed by atoms with E-state index in [0.29, 0.717) is 19.5 Å². The minimum Gasteiger partial charge on any atom is -0.356 e. The molecule has 1 aliphatic heterocycles. The van der Waals surface area contributed by atoms with Crippen molar-refractivity contribution in [3.63, 3.8) is 0 Å². The first-order valence-corrected chi connectivity index (χ1v) is 7.44. The van der Waals surface area contributed by atoms with E-state index >= 15 is 0 Å². The maximum atomic E-state index is 12.0. The number of hydrogen-bond acceptors (Lipinski definition) is 3. The Balaban J connectivity index is 0.00000361. The van der Waals surface area contributed by atoms with Gasteiger partial charge in [-0.1, -0.05) is 13.3 Å². The average molecular weight is 306 g/mol. The second kappa shape index (κ2) is 10.9. The van der Waals surface area contributed by atoms with Gasteiger partial charge in [-0.15, -0.1) is 12.4 Å². The van der Waals surface area contributed by atoms with E-state index in [1.807, 2.05) is 4.90 Å². The number of carbonyl (C=O) groups excluding carboxylic acids is 2. The van der Waals surface area contributed by atoms with Gasteiger partial charge in [0.05, 0.1) is 5.92 Å². The van der Waals surface area contributed by atoms with Crippen LogP contribution in [0.2, 0.25) is 0 Å². The first kappa shape index (κ1) is 19.2. The molecule has 0 saturated carbocycles. The average Bonchev–Trinajstić information content (AvgIpc) is 2.45. The lowest BCUT2D eigenvalue weighted by Gasteiger charge is -2.32. The molecular formula is C14H28ClN3O2. The van der Waals surface area contributed by atoms with Crippen LogP contribution in [0.1, 0.15) is 45.4 Å². The Kier molecular flexibility index (Phi) is 10.5. The molecule has 1 heterocycles. The third-order valence-corrected chi connectivity index (χ3v) is 3.57. The molecule has 5 nitrogen and oxygen atoms in total. The number of rotatable bonds is 7. The highest BCUT2D eigenvalue weighted by molar-refractivity contribution is 5.85. The molecule has 2 amide bonds. The van der Waals surface area contributed by atoms with Crippen molar-refractivity contribution in [3.05, 3.63) is 0 Å². The summed E-state index contributed by atoms with van der Waals surface area (Å²) in [5, 5.41) is 2.96. The molecule has 0 aromatic rings. The van der Waals surface area contributed by atoms with Gasteiger partial charge in [-0.05, 0) is 32.2 Å². The summed E-state index contributed by atoms with van der Waals surface area (Å²) in [6.45, 7) is 4.74. The highest BCUT2D eigenvalue weighted by atomic mass is 35.5. The standard InChI is InChI=1S/C14H27N3O2.ClH/c1-2-3-9-16-14(19)12-6-5-10-17(11-12)13(18)7-4-8-15;/h12H,2-11,15H2,1H3,(H,16,19);1H. The fourth-order valence-corrected chi connectivity index (χ4v) is 2.36. The lowest BCUT2D eigenvalue weighted by molar-refractivity contribution is -0.135. The molecule has 0 radical (unpaired) electrons. The molecule has 1 fully saturated rings. The van der Waals surface area contributed by atoms with Crippen LogP contribution in [0.5, 0.6) is 0 Å². The Morgan fingerprint density at radius 1 is 1.35 bits per heavy atom. The summed E-state index contributed by atoms with van der Waals surface area (Å²) >= 11 is 0. The van der Waals surface area contributed by atoms with Crippen LogP contribution < -0.4 is 11.1 Å². The zero-order chi connectivity index (χ0) is 14.1. The summed E-state index contributed by atoms with van der Waals surface area (Å²) in [5.41, 5.74) is 5.42. The SMILES string of the molecule is CCCCNC(=O)C1CCCN(C(=O)CCCN)C1.Cl. The summed E-state index contributed by atoms with van der Waals surface area (Å²) in [4.78, 5) is 25.7. The Morgan fingerprint density at radius 3 is 2.75 bits per heavy atom. The number of piperidine rings is 1. The predicted octanol–water partition coefficient (Wildman–Crippen LogP) is 1.30. The van der Waals surface area contributed by atoms with Gasteiger partial charge in [0, 0.05) is 26.1 Å². The summed E-state index contributed by atoms with van der Waals surface area (Å²) < 4.78 is 0. The van der Waals surface area contributed by atoms with E-state index in [-0.39, 0.29) is 30.1 Å². The van der Waals surface area contributed by atoms with Gasteiger partial charge < -0.3 is 16.0 Å². The van der Waals surface area contributed by atoms with Gasteiger partial charge >= 0.3 is 0 Å². The molecule has 1 atom stereocenters. The maximum Gasteiger partial charge on any atom is 0.224 e. The normalized spacial score (nSPS) is 18.3. The molecule has 0 spiro atoms. The van der Waals surface area contributed by atoms with E-state index in [9.17, 15) is 9.59 Å². The minimum absolute atomic E-state index is 0. The Morgan fingerprint density at radius 2 is 2.10 bits per heavy atom. The van der Waals surface area contributed by atoms with Crippen LogP contribution in [-0.4, -0.2) is 42.9 Å². The highest BCUT2D eigenvalue weighted by Gasteiger charge is 2.27. The lowest BCUT2D eigenvalue weighted by Crippen LogP contribution is -2.45. The predicted molar refractivity (Wildman–Crippen MR) is 82.8 cm³/mol. The molecule has 0 aromatic carbocycles. The third kappa shape index (κ3) is 6.57. The van der Waals surface area contributed by atoms with Crippen LogP contribution in [0.15, 0.2) is 0 Å². The van der Waals surface area contributed by atoms with Gasteiger partial charge in [0.15, 0.2) is 0 Å². The van der Waals surface area contributed by atoms with Crippen LogP contribution in [0.3, 0.4) is 0 Å². The molecule has 0 aromatic heterocycles. The van der Waals surface area contributed by atoms with Crippen LogP contribution in [-0.2, 0) is 9.59 Å². The van der Waals surface area contributed by atoms with E-state index < -0.39 is 0 Å². The second-order valence-electron chi connectivity index (χ2n) is 5.22. The van der Waals surface area contributed by atoms with Crippen molar-refractivity contribution in [1.29, 1.82) is 0 Å². The Bertz CT molecular complexity index is 300. The zero-order valence-corrected chi connectivity index (χ0v) is 13.2. The third-order valence-electron chi connectivity index (χ3n) is 3.57. The van der Waals surface area contributed by atoms with Crippen molar-refractivity contribution in [1.82, 2.24) is 10.2 Å². The van der Waals surface area contributed by atoms with Crippen molar-refractivity contribution < 1.29 is 9.59 Å². The van der Waals surface area contributed by atoms with Gasteiger partial charge in [0.25, 0.3) is 0 Å². The van der Waals surface area contributed by atoms with Crippen molar-refractivity contribution in [3.8, 4) is 0 Å². The van der Waals surface area contributed by atoms with Gasteiger partial charge in [0.2, 0.25) is 11.8 Å². The first-order chi connectivity index (χ1) is 9.19. The molecule has 1 unspecified atom stereocenters. The number of nitrogens with one attached hydrogen (secondary N) is 1. The van der Waals surface area contributed by atoms with Crippen molar-refractivity contribution >= 4 is 24.2 Å². The van der Waals surface area contributed by atoms with Crippen LogP contribution >= 0.6 is 12.4 Å². The molecule has 1 rings (SSSR count). The summed E-state index contributed by atoms with van der Waals surface area (Å²) in [6, 6.07) is 0. The molecule has 3 N–H and O–H groups in total. The van der Waals surface area contributed by atoms with Crippen LogP contribution in [0.4, 0.5) is 0 Å². The van der Waals surface area contributed by atoms with E-state index in [4.69, 9.17) is 5.73 Å². The van der Waals surface area contributed by atoms with Crippen molar-refractivity contribution in [2.75, 3.05) is 26.2 Å². The molecule has 0 bridgehead atoms. The second-order valence-corrected chi connectivity index (χ2v) is 5.22. The number of carbonyl (C=O) groups is 2. The van der Waals surface area contributed by atoms with E-state index in [1.165, 1.54) is 0 Å². The molecule has 1 saturated heterocycles. The minimum atomic E-state index is -0.0348. The zero-order valence-electron chi connectivity index (χ0n) is 12.4. The molecule has 20 heavy (non-hydrogen) atoms. The summed E-state index contributed by atoms with van der Waals surface area (Å²) in [6.07, 6.45) is 5.12. The van der Waals surface area contributed by atoms with Crippen molar-refractivity contribution in [2.45, 2.75) is 45.4 Å². The van der Waals surface area contributed by atoms with E-state index in [0.717, 1.165) is 45.2 Å². The lowest BCUT2D eigenvalue weighted by atomic mass is 9.96. The van der Waals surface area contributed by atoms with Gasteiger partial charge in [-0.3, -0.25) is 9.59 Å². The smallest absolute Gasteiger partial charge is 0.224 e.